The lowest BCUT2D eigenvalue weighted by molar-refractivity contribution is -0.125. The van der Waals surface area contributed by atoms with Crippen LogP contribution in [-0.2, 0) is 15.0 Å². The molecule has 3 heterocycles. The van der Waals surface area contributed by atoms with Crippen molar-refractivity contribution < 1.29 is 13.2 Å². The van der Waals surface area contributed by atoms with Gasteiger partial charge in [-0.2, -0.15) is 17.0 Å². The summed E-state index contributed by atoms with van der Waals surface area (Å²) in [5.74, 6) is -0.273. The van der Waals surface area contributed by atoms with Crippen LogP contribution in [-0.4, -0.2) is 79.2 Å². The third kappa shape index (κ3) is 4.87. The molecule has 2 aliphatic heterocycles. The summed E-state index contributed by atoms with van der Waals surface area (Å²) in [6, 6.07) is 1.79. The first-order chi connectivity index (χ1) is 13.7. The SMILES string of the molecule is CC(C)NC(=O)[C@H]1CN(S(=O)(=O)N(C)C)C[C@@H]1c1ccnc(N2CCCCC2)n1. The van der Waals surface area contributed by atoms with E-state index in [2.05, 4.69) is 15.2 Å². The second kappa shape index (κ2) is 8.93. The lowest BCUT2D eigenvalue weighted by Gasteiger charge is -2.27. The first-order valence-corrected chi connectivity index (χ1v) is 11.7. The molecule has 0 unspecified atom stereocenters. The largest absolute Gasteiger partial charge is 0.354 e. The van der Waals surface area contributed by atoms with Crippen LogP contribution >= 0.6 is 0 Å². The first kappa shape index (κ1) is 21.9. The summed E-state index contributed by atoms with van der Waals surface area (Å²) in [6.07, 6.45) is 5.16. The van der Waals surface area contributed by atoms with Crippen molar-refractivity contribution in [2.24, 2.45) is 5.92 Å². The number of carbonyl (C=O) groups excluding carboxylic acids is 1. The quantitative estimate of drug-likeness (QED) is 0.726. The van der Waals surface area contributed by atoms with Crippen LogP contribution in [0.5, 0.6) is 0 Å². The van der Waals surface area contributed by atoms with Gasteiger partial charge in [-0.25, -0.2) is 9.97 Å². The Morgan fingerprint density at radius 2 is 1.90 bits per heavy atom. The lowest BCUT2D eigenvalue weighted by atomic mass is 9.91. The summed E-state index contributed by atoms with van der Waals surface area (Å²) >= 11 is 0. The van der Waals surface area contributed by atoms with Crippen LogP contribution in [0.25, 0.3) is 0 Å². The molecule has 1 aromatic heterocycles. The van der Waals surface area contributed by atoms with Crippen LogP contribution in [0.2, 0.25) is 0 Å². The Balaban J connectivity index is 1.90. The van der Waals surface area contributed by atoms with Gasteiger partial charge in [0, 0.05) is 58.4 Å². The number of rotatable bonds is 6. The molecule has 162 valence electrons. The minimum Gasteiger partial charge on any atom is -0.354 e. The van der Waals surface area contributed by atoms with Crippen LogP contribution in [0, 0.1) is 5.92 Å². The van der Waals surface area contributed by atoms with Crippen molar-refractivity contribution in [1.29, 1.82) is 0 Å². The molecule has 0 saturated carbocycles. The Hall–Kier alpha value is -1.78. The highest BCUT2D eigenvalue weighted by molar-refractivity contribution is 7.86. The minimum atomic E-state index is -3.61. The highest BCUT2D eigenvalue weighted by atomic mass is 32.2. The van der Waals surface area contributed by atoms with E-state index in [-0.39, 0.29) is 31.0 Å². The Morgan fingerprint density at radius 3 is 2.52 bits per heavy atom. The van der Waals surface area contributed by atoms with Crippen molar-refractivity contribution in [3.8, 4) is 0 Å². The topological polar surface area (TPSA) is 98.7 Å². The van der Waals surface area contributed by atoms with Gasteiger partial charge in [0.2, 0.25) is 11.9 Å². The van der Waals surface area contributed by atoms with Gasteiger partial charge in [-0.05, 0) is 39.2 Å². The molecule has 1 N–H and O–H groups in total. The summed E-state index contributed by atoms with van der Waals surface area (Å²) in [6.45, 7) is 6.02. The van der Waals surface area contributed by atoms with Gasteiger partial charge < -0.3 is 10.2 Å². The predicted molar refractivity (Wildman–Crippen MR) is 112 cm³/mol. The van der Waals surface area contributed by atoms with Crippen molar-refractivity contribution in [3.05, 3.63) is 18.0 Å². The summed E-state index contributed by atoms with van der Waals surface area (Å²) in [7, 11) is -0.600. The van der Waals surface area contributed by atoms with Crippen molar-refractivity contribution in [1.82, 2.24) is 23.9 Å². The fraction of sp³-hybridized carbons (Fsp3) is 0.737. The standard InChI is InChI=1S/C19H32N6O3S/c1-14(2)21-18(26)16-13-25(29(27,28)23(3)4)12-15(16)17-8-9-20-19(22-17)24-10-6-5-7-11-24/h8-9,14-16H,5-7,10-13H2,1-4H3,(H,21,26)/t15-,16-/m0/s1. The van der Waals surface area contributed by atoms with E-state index in [1.807, 2.05) is 13.8 Å². The number of amides is 1. The minimum absolute atomic E-state index is 0.0167. The third-order valence-corrected chi connectivity index (χ3v) is 7.40. The lowest BCUT2D eigenvalue weighted by Crippen LogP contribution is -2.41. The van der Waals surface area contributed by atoms with Gasteiger partial charge in [0.25, 0.3) is 10.2 Å². The highest BCUT2D eigenvalue weighted by Crippen LogP contribution is 2.34. The Labute approximate surface area is 173 Å². The van der Waals surface area contributed by atoms with Gasteiger partial charge in [0.15, 0.2) is 0 Å². The number of hydrogen-bond acceptors (Lipinski definition) is 6. The van der Waals surface area contributed by atoms with E-state index >= 15 is 0 Å². The van der Waals surface area contributed by atoms with Crippen LogP contribution < -0.4 is 10.2 Å². The van der Waals surface area contributed by atoms with Gasteiger partial charge in [0.1, 0.15) is 0 Å². The number of nitrogens with one attached hydrogen (secondary N) is 1. The Bertz CT molecular complexity index is 823. The molecule has 0 aromatic carbocycles. The maximum absolute atomic E-state index is 12.9. The molecule has 0 radical (unpaired) electrons. The maximum atomic E-state index is 12.9. The second-order valence-electron chi connectivity index (χ2n) is 8.31. The fourth-order valence-electron chi connectivity index (χ4n) is 3.96. The average Bonchev–Trinajstić information content (AvgIpc) is 3.14. The zero-order valence-corrected chi connectivity index (χ0v) is 18.5. The maximum Gasteiger partial charge on any atom is 0.281 e. The Kier molecular flexibility index (Phi) is 6.75. The van der Waals surface area contributed by atoms with Gasteiger partial charge in [-0.1, -0.05) is 0 Å². The van der Waals surface area contributed by atoms with Gasteiger partial charge in [-0.15, -0.1) is 0 Å². The molecule has 29 heavy (non-hydrogen) atoms. The van der Waals surface area contributed by atoms with Gasteiger partial charge in [0.05, 0.1) is 11.6 Å². The molecule has 0 aliphatic carbocycles. The normalized spacial score (nSPS) is 23.7. The molecule has 3 rings (SSSR count). The van der Waals surface area contributed by atoms with E-state index in [9.17, 15) is 13.2 Å². The zero-order valence-electron chi connectivity index (χ0n) is 17.7. The summed E-state index contributed by atoms with van der Waals surface area (Å²) in [5, 5.41) is 2.94. The number of hydrogen-bond donors (Lipinski definition) is 1. The molecule has 0 bridgehead atoms. The van der Waals surface area contributed by atoms with Gasteiger partial charge in [-0.3, -0.25) is 4.79 Å². The van der Waals surface area contributed by atoms with E-state index in [4.69, 9.17) is 4.98 Å². The number of aromatic nitrogens is 2. The van der Waals surface area contributed by atoms with Crippen LogP contribution in [0.4, 0.5) is 5.95 Å². The third-order valence-electron chi connectivity index (χ3n) is 5.53. The second-order valence-corrected chi connectivity index (χ2v) is 10.5. The molecule has 2 atom stereocenters. The summed E-state index contributed by atoms with van der Waals surface area (Å²) < 4.78 is 28.0. The monoisotopic (exact) mass is 424 g/mol. The molecule has 1 amide bonds. The smallest absolute Gasteiger partial charge is 0.281 e. The van der Waals surface area contributed by atoms with E-state index < -0.39 is 16.1 Å². The average molecular weight is 425 g/mol. The van der Waals surface area contributed by atoms with Crippen molar-refractivity contribution in [2.75, 3.05) is 45.2 Å². The highest BCUT2D eigenvalue weighted by Gasteiger charge is 2.44. The number of nitrogens with zero attached hydrogens (tertiary/aromatic N) is 5. The molecule has 0 spiro atoms. The van der Waals surface area contributed by atoms with Crippen molar-refractivity contribution in [2.45, 2.75) is 45.1 Å². The molecule has 2 fully saturated rings. The molecule has 9 nitrogen and oxygen atoms in total. The van der Waals surface area contributed by atoms with E-state index in [0.717, 1.165) is 31.6 Å². The Morgan fingerprint density at radius 1 is 1.21 bits per heavy atom. The first-order valence-electron chi connectivity index (χ1n) is 10.3. The fourth-order valence-corrected chi connectivity index (χ4v) is 5.12. The molecule has 10 heteroatoms. The summed E-state index contributed by atoms with van der Waals surface area (Å²) in [5.41, 5.74) is 0.723. The molecular weight excluding hydrogens is 392 g/mol. The summed E-state index contributed by atoms with van der Waals surface area (Å²) in [4.78, 5) is 24.2. The number of carbonyl (C=O) groups is 1. The molecule has 2 saturated heterocycles. The van der Waals surface area contributed by atoms with Crippen LogP contribution in [0.1, 0.15) is 44.7 Å². The zero-order chi connectivity index (χ0) is 21.2. The van der Waals surface area contributed by atoms with Crippen molar-refractivity contribution in [3.63, 3.8) is 0 Å². The number of anilines is 1. The van der Waals surface area contributed by atoms with Crippen LogP contribution in [0.3, 0.4) is 0 Å². The predicted octanol–water partition coefficient (Wildman–Crippen LogP) is 0.813. The van der Waals surface area contributed by atoms with E-state index in [0.29, 0.717) is 5.95 Å². The van der Waals surface area contributed by atoms with E-state index in [1.54, 1.807) is 12.3 Å². The van der Waals surface area contributed by atoms with E-state index in [1.165, 1.54) is 29.1 Å². The van der Waals surface area contributed by atoms with Crippen LogP contribution in [0.15, 0.2) is 12.3 Å². The number of piperidine rings is 1. The molecule has 1 aromatic rings. The molecular formula is C19H32N6O3S. The molecule has 2 aliphatic rings. The van der Waals surface area contributed by atoms with Gasteiger partial charge >= 0.3 is 0 Å². The van der Waals surface area contributed by atoms with Crippen molar-refractivity contribution >= 4 is 22.1 Å².